The maximum atomic E-state index is 6.40. The van der Waals surface area contributed by atoms with Crippen molar-refractivity contribution in [3.8, 4) is 11.5 Å². The molecule has 0 aromatic heterocycles. The van der Waals surface area contributed by atoms with Gasteiger partial charge in [0.1, 0.15) is 0 Å². The van der Waals surface area contributed by atoms with Gasteiger partial charge >= 0.3 is 0 Å². The van der Waals surface area contributed by atoms with Crippen LogP contribution in [0.25, 0.3) is 0 Å². The topological polar surface area (TPSA) is 0 Å². The Morgan fingerprint density at radius 1 is 0.500 bits per heavy atom. The molecule has 0 aliphatic carbocycles. The van der Waals surface area contributed by atoms with Gasteiger partial charge in [0.15, 0.2) is 0 Å². The van der Waals surface area contributed by atoms with Crippen LogP contribution in [0.2, 0.25) is 5.02 Å². The molecule has 0 aliphatic heterocycles. The van der Waals surface area contributed by atoms with Crippen molar-refractivity contribution in [2.75, 3.05) is 0 Å². The predicted molar refractivity (Wildman–Crippen MR) is 122 cm³/mol. The van der Waals surface area contributed by atoms with Gasteiger partial charge in [0.05, 0.1) is 5.02 Å². The summed E-state index contributed by atoms with van der Waals surface area (Å²) in [5.74, 6) is 3.43. The zero-order chi connectivity index (χ0) is 19.2. The number of hydrogen-bond donors (Lipinski definition) is 0. The Morgan fingerprint density at radius 3 is 1.32 bits per heavy atom. The van der Waals surface area contributed by atoms with Gasteiger partial charge in [-0.1, -0.05) is 121 Å². The van der Waals surface area contributed by atoms with Crippen LogP contribution in [-0.2, 0) is 0 Å². The van der Waals surface area contributed by atoms with E-state index in [1.165, 1.54) is 15.6 Å². The highest BCUT2D eigenvalue weighted by Crippen LogP contribution is 2.14. The fourth-order valence-corrected chi connectivity index (χ4v) is 7.52. The number of benzene rings is 4. The predicted octanol–water partition coefficient (Wildman–Crippen LogP) is 4.40. The van der Waals surface area contributed by atoms with Crippen LogP contribution in [0, 0.1) is 11.5 Å². The van der Waals surface area contributed by atoms with E-state index in [9.17, 15) is 0 Å². The fraction of sp³-hybridized carbons (Fsp3) is 0. The Balaban J connectivity index is 2.04. The highest BCUT2D eigenvalue weighted by Gasteiger charge is 2.38. The van der Waals surface area contributed by atoms with Crippen LogP contribution >= 0.6 is 11.6 Å². The molecule has 0 heterocycles. The van der Waals surface area contributed by atoms with Gasteiger partial charge in [0.25, 0.3) is 0 Å². The average Bonchev–Trinajstić information content (AvgIpc) is 2.78. The van der Waals surface area contributed by atoms with E-state index in [0.717, 1.165) is 5.56 Å². The minimum Gasteiger partial charge on any atom is -0.109 e. The van der Waals surface area contributed by atoms with Gasteiger partial charge in [0.2, 0.25) is 8.07 Å². The van der Waals surface area contributed by atoms with E-state index >= 15 is 0 Å². The van der Waals surface area contributed by atoms with Crippen LogP contribution in [0.1, 0.15) is 5.56 Å². The largest absolute Gasteiger partial charge is 0.230 e. The molecule has 0 bridgehead atoms. The standard InChI is InChI=1S/C26H19ClSi/c27-26-19-11-10-12-22(26)20-21-28(23-13-4-1-5-14-23,24-15-6-2-7-16-24)25-17-8-3-9-18-25/h1-19H. The van der Waals surface area contributed by atoms with E-state index in [1.54, 1.807) is 0 Å². The highest BCUT2D eigenvalue weighted by molar-refractivity contribution is 7.16. The first kappa shape index (κ1) is 18.3. The van der Waals surface area contributed by atoms with Gasteiger partial charge in [-0.3, -0.25) is 0 Å². The van der Waals surface area contributed by atoms with Crippen molar-refractivity contribution in [3.05, 3.63) is 126 Å². The van der Waals surface area contributed by atoms with Crippen LogP contribution in [0.5, 0.6) is 0 Å². The molecule has 0 unspecified atom stereocenters. The summed E-state index contributed by atoms with van der Waals surface area (Å²) in [5, 5.41) is 4.50. The SMILES string of the molecule is Clc1ccccc1C#C[Si](c1ccccc1)(c1ccccc1)c1ccccc1. The lowest BCUT2D eigenvalue weighted by Gasteiger charge is -2.28. The summed E-state index contributed by atoms with van der Waals surface area (Å²) >= 11 is 6.40. The average molecular weight is 395 g/mol. The first-order chi connectivity index (χ1) is 13.8. The van der Waals surface area contributed by atoms with Crippen molar-refractivity contribution in [3.63, 3.8) is 0 Å². The fourth-order valence-electron chi connectivity index (χ4n) is 3.50. The van der Waals surface area contributed by atoms with Gasteiger partial charge in [0, 0.05) is 5.56 Å². The molecular weight excluding hydrogens is 376 g/mol. The molecule has 28 heavy (non-hydrogen) atoms. The third-order valence-corrected chi connectivity index (χ3v) is 9.31. The van der Waals surface area contributed by atoms with Crippen LogP contribution in [0.15, 0.2) is 115 Å². The number of rotatable bonds is 3. The summed E-state index contributed by atoms with van der Waals surface area (Å²) in [6.45, 7) is 0. The first-order valence-corrected chi connectivity index (χ1v) is 11.6. The normalized spacial score (nSPS) is 10.8. The summed E-state index contributed by atoms with van der Waals surface area (Å²) < 4.78 is 0. The van der Waals surface area contributed by atoms with E-state index in [2.05, 4.69) is 102 Å². The zero-order valence-electron chi connectivity index (χ0n) is 15.3. The zero-order valence-corrected chi connectivity index (χ0v) is 17.1. The summed E-state index contributed by atoms with van der Waals surface area (Å²) in [6, 6.07) is 39.7. The van der Waals surface area contributed by atoms with Crippen molar-refractivity contribution in [1.82, 2.24) is 0 Å². The molecule has 0 nitrogen and oxygen atoms in total. The second-order valence-electron chi connectivity index (χ2n) is 6.58. The molecule has 0 saturated carbocycles. The molecule has 0 atom stereocenters. The van der Waals surface area contributed by atoms with E-state index in [1.807, 2.05) is 24.3 Å². The summed E-state index contributed by atoms with van der Waals surface area (Å²) in [4.78, 5) is 0. The quantitative estimate of drug-likeness (QED) is 0.274. The maximum absolute atomic E-state index is 6.40. The summed E-state index contributed by atoms with van der Waals surface area (Å²) in [7, 11) is -2.55. The minimum atomic E-state index is -2.55. The Kier molecular flexibility index (Phi) is 5.44. The van der Waals surface area contributed by atoms with Crippen molar-refractivity contribution >= 4 is 35.2 Å². The number of hydrogen-bond acceptors (Lipinski definition) is 0. The third kappa shape index (κ3) is 3.53. The Morgan fingerprint density at radius 2 is 0.893 bits per heavy atom. The Bertz CT molecular complexity index is 1010. The highest BCUT2D eigenvalue weighted by atomic mass is 35.5. The number of halogens is 1. The molecule has 4 rings (SSSR count). The van der Waals surface area contributed by atoms with Crippen LogP contribution < -0.4 is 15.6 Å². The van der Waals surface area contributed by atoms with Crippen LogP contribution in [-0.4, -0.2) is 8.07 Å². The molecule has 4 aromatic rings. The van der Waals surface area contributed by atoms with Gasteiger partial charge in [-0.05, 0) is 27.7 Å². The Hall–Kier alpha value is -3.05. The second kappa shape index (κ2) is 8.31. The van der Waals surface area contributed by atoms with Gasteiger partial charge in [-0.15, -0.1) is 5.54 Å². The van der Waals surface area contributed by atoms with Gasteiger partial charge in [-0.25, -0.2) is 0 Å². The Labute approximate surface area is 172 Å². The van der Waals surface area contributed by atoms with E-state index in [4.69, 9.17) is 11.6 Å². The van der Waals surface area contributed by atoms with E-state index < -0.39 is 8.07 Å². The van der Waals surface area contributed by atoms with Crippen LogP contribution in [0.3, 0.4) is 0 Å². The smallest absolute Gasteiger partial charge is 0.109 e. The third-order valence-electron chi connectivity index (χ3n) is 4.88. The monoisotopic (exact) mass is 394 g/mol. The molecule has 134 valence electrons. The lowest BCUT2D eigenvalue weighted by atomic mass is 10.2. The van der Waals surface area contributed by atoms with E-state index in [-0.39, 0.29) is 0 Å². The second-order valence-corrected chi connectivity index (χ2v) is 10.5. The summed E-state index contributed by atoms with van der Waals surface area (Å²) in [6.07, 6.45) is 0. The first-order valence-electron chi connectivity index (χ1n) is 9.25. The van der Waals surface area contributed by atoms with E-state index in [0.29, 0.717) is 5.02 Å². The molecule has 4 aromatic carbocycles. The van der Waals surface area contributed by atoms with Gasteiger partial charge < -0.3 is 0 Å². The van der Waals surface area contributed by atoms with Gasteiger partial charge in [-0.2, -0.15) is 0 Å². The van der Waals surface area contributed by atoms with Crippen LogP contribution in [0.4, 0.5) is 0 Å². The van der Waals surface area contributed by atoms with Crippen molar-refractivity contribution in [2.24, 2.45) is 0 Å². The summed E-state index contributed by atoms with van der Waals surface area (Å²) in [5.41, 5.74) is 4.61. The van der Waals surface area contributed by atoms with Crippen molar-refractivity contribution in [1.29, 1.82) is 0 Å². The molecule has 0 amide bonds. The van der Waals surface area contributed by atoms with Crippen molar-refractivity contribution < 1.29 is 0 Å². The molecule has 0 saturated heterocycles. The lowest BCUT2D eigenvalue weighted by Crippen LogP contribution is -2.66. The maximum Gasteiger partial charge on any atom is 0.230 e. The molecule has 0 fully saturated rings. The molecule has 0 N–H and O–H groups in total. The molecule has 0 aliphatic rings. The lowest BCUT2D eigenvalue weighted by molar-refractivity contribution is 1.64. The van der Waals surface area contributed by atoms with Crippen molar-refractivity contribution in [2.45, 2.75) is 0 Å². The molecule has 2 heteroatoms. The molecule has 0 radical (unpaired) electrons. The molecule has 0 spiro atoms. The minimum absolute atomic E-state index is 0.687. The molecular formula is C26H19ClSi.